The molecule has 0 spiro atoms. The minimum Gasteiger partial charge on any atom is -0.492 e. The Bertz CT molecular complexity index is 498. The SMILES string of the molecule is CNCc1cccc(OCCn2cc(I)cn2)c1. The molecule has 2 rings (SSSR count). The molecule has 1 aromatic heterocycles. The van der Waals surface area contributed by atoms with Gasteiger partial charge in [0.1, 0.15) is 12.4 Å². The maximum atomic E-state index is 5.72. The van der Waals surface area contributed by atoms with Crippen LogP contribution in [-0.4, -0.2) is 23.4 Å². The quantitative estimate of drug-likeness (QED) is 0.807. The fourth-order valence-electron chi connectivity index (χ4n) is 1.67. The van der Waals surface area contributed by atoms with Gasteiger partial charge in [0, 0.05) is 12.7 Å². The van der Waals surface area contributed by atoms with E-state index in [1.165, 1.54) is 5.56 Å². The summed E-state index contributed by atoms with van der Waals surface area (Å²) in [6.45, 7) is 2.24. The van der Waals surface area contributed by atoms with E-state index in [2.05, 4.69) is 45.1 Å². The third kappa shape index (κ3) is 3.99. The zero-order valence-corrected chi connectivity index (χ0v) is 12.4. The van der Waals surface area contributed by atoms with E-state index in [4.69, 9.17) is 4.74 Å². The topological polar surface area (TPSA) is 39.1 Å². The molecule has 1 aromatic carbocycles. The van der Waals surface area contributed by atoms with Crippen LogP contribution in [0.5, 0.6) is 5.75 Å². The first-order chi connectivity index (χ1) is 8.78. The van der Waals surface area contributed by atoms with E-state index in [0.29, 0.717) is 6.61 Å². The summed E-state index contributed by atoms with van der Waals surface area (Å²) >= 11 is 2.25. The second-order valence-electron chi connectivity index (χ2n) is 3.95. The van der Waals surface area contributed by atoms with Crippen molar-refractivity contribution in [2.24, 2.45) is 0 Å². The average molecular weight is 357 g/mol. The standard InChI is InChI=1S/C13H16IN3O/c1-15-8-11-3-2-4-13(7-11)18-6-5-17-10-12(14)9-16-17/h2-4,7,9-10,15H,5-6,8H2,1H3. The van der Waals surface area contributed by atoms with Crippen molar-refractivity contribution in [1.29, 1.82) is 0 Å². The first-order valence-corrected chi connectivity index (χ1v) is 6.90. The highest BCUT2D eigenvalue weighted by atomic mass is 127. The van der Waals surface area contributed by atoms with Gasteiger partial charge in [-0.05, 0) is 47.3 Å². The molecule has 0 aliphatic carbocycles. The lowest BCUT2D eigenvalue weighted by Crippen LogP contribution is -2.09. The van der Waals surface area contributed by atoms with Crippen molar-refractivity contribution >= 4 is 22.6 Å². The molecule has 1 N–H and O–H groups in total. The molecule has 96 valence electrons. The Morgan fingerprint density at radius 2 is 2.33 bits per heavy atom. The van der Waals surface area contributed by atoms with Crippen molar-refractivity contribution in [1.82, 2.24) is 15.1 Å². The van der Waals surface area contributed by atoms with Crippen LogP contribution in [0.2, 0.25) is 0 Å². The normalized spacial score (nSPS) is 10.6. The van der Waals surface area contributed by atoms with Gasteiger partial charge in [-0.3, -0.25) is 4.68 Å². The van der Waals surface area contributed by atoms with Crippen LogP contribution in [0.1, 0.15) is 5.56 Å². The molecule has 0 aliphatic rings. The number of halogens is 1. The van der Waals surface area contributed by atoms with Gasteiger partial charge in [-0.1, -0.05) is 12.1 Å². The van der Waals surface area contributed by atoms with Crippen LogP contribution >= 0.6 is 22.6 Å². The van der Waals surface area contributed by atoms with E-state index in [9.17, 15) is 0 Å². The van der Waals surface area contributed by atoms with Crippen LogP contribution in [0.4, 0.5) is 0 Å². The van der Waals surface area contributed by atoms with Gasteiger partial charge in [-0.15, -0.1) is 0 Å². The number of aromatic nitrogens is 2. The molecule has 5 heteroatoms. The number of nitrogens with one attached hydrogen (secondary N) is 1. The smallest absolute Gasteiger partial charge is 0.119 e. The summed E-state index contributed by atoms with van der Waals surface area (Å²) in [6.07, 6.45) is 3.84. The Morgan fingerprint density at radius 3 is 3.06 bits per heavy atom. The highest BCUT2D eigenvalue weighted by Crippen LogP contribution is 2.13. The lowest BCUT2D eigenvalue weighted by atomic mass is 10.2. The lowest BCUT2D eigenvalue weighted by molar-refractivity contribution is 0.291. The van der Waals surface area contributed by atoms with Gasteiger partial charge in [0.25, 0.3) is 0 Å². The van der Waals surface area contributed by atoms with Crippen molar-refractivity contribution in [2.45, 2.75) is 13.1 Å². The predicted molar refractivity (Wildman–Crippen MR) is 79.6 cm³/mol. The second-order valence-corrected chi connectivity index (χ2v) is 5.19. The maximum Gasteiger partial charge on any atom is 0.119 e. The summed E-state index contributed by atoms with van der Waals surface area (Å²) in [6, 6.07) is 8.13. The van der Waals surface area contributed by atoms with Crippen LogP contribution in [0, 0.1) is 3.57 Å². The van der Waals surface area contributed by atoms with Gasteiger partial charge in [0.15, 0.2) is 0 Å². The fraction of sp³-hybridized carbons (Fsp3) is 0.308. The van der Waals surface area contributed by atoms with Gasteiger partial charge in [-0.25, -0.2) is 0 Å². The predicted octanol–water partition coefficient (Wildman–Crippen LogP) is 2.29. The lowest BCUT2D eigenvalue weighted by Gasteiger charge is -2.08. The summed E-state index contributed by atoms with van der Waals surface area (Å²) in [5.41, 5.74) is 1.23. The molecule has 4 nitrogen and oxygen atoms in total. The maximum absolute atomic E-state index is 5.72. The fourth-order valence-corrected chi connectivity index (χ4v) is 2.11. The molecule has 0 aliphatic heterocycles. The van der Waals surface area contributed by atoms with Gasteiger partial charge in [0.2, 0.25) is 0 Å². The average Bonchev–Trinajstić information content (AvgIpc) is 2.76. The first-order valence-electron chi connectivity index (χ1n) is 5.82. The number of nitrogens with zero attached hydrogens (tertiary/aromatic N) is 2. The van der Waals surface area contributed by atoms with E-state index >= 15 is 0 Å². The molecule has 2 aromatic rings. The van der Waals surface area contributed by atoms with E-state index < -0.39 is 0 Å². The molecule has 18 heavy (non-hydrogen) atoms. The summed E-state index contributed by atoms with van der Waals surface area (Å²) in [5, 5.41) is 7.34. The number of benzene rings is 1. The number of rotatable bonds is 6. The van der Waals surface area contributed by atoms with Crippen molar-refractivity contribution in [3.63, 3.8) is 0 Å². The Morgan fingerprint density at radius 1 is 1.44 bits per heavy atom. The molecule has 0 fully saturated rings. The molecular weight excluding hydrogens is 341 g/mol. The molecule has 0 unspecified atom stereocenters. The third-order valence-corrected chi connectivity index (χ3v) is 3.03. The van der Waals surface area contributed by atoms with E-state index in [0.717, 1.165) is 22.4 Å². The second kappa shape index (κ2) is 6.75. The Balaban J connectivity index is 1.84. The van der Waals surface area contributed by atoms with E-state index in [1.807, 2.05) is 36.3 Å². The minimum absolute atomic E-state index is 0.626. The molecule has 0 bridgehead atoms. The molecule has 0 saturated heterocycles. The zero-order chi connectivity index (χ0) is 12.8. The summed E-state index contributed by atoms with van der Waals surface area (Å²) in [7, 11) is 1.94. The summed E-state index contributed by atoms with van der Waals surface area (Å²) in [5.74, 6) is 0.907. The monoisotopic (exact) mass is 357 g/mol. The molecule has 0 saturated carbocycles. The summed E-state index contributed by atoms with van der Waals surface area (Å²) < 4.78 is 8.75. The largest absolute Gasteiger partial charge is 0.492 e. The highest BCUT2D eigenvalue weighted by molar-refractivity contribution is 14.1. The number of hydrogen-bond acceptors (Lipinski definition) is 3. The Labute approximate surface area is 120 Å². The first kappa shape index (κ1) is 13.4. The Hall–Kier alpha value is -1.08. The van der Waals surface area contributed by atoms with Gasteiger partial charge < -0.3 is 10.1 Å². The van der Waals surface area contributed by atoms with Crippen LogP contribution in [-0.2, 0) is 13.1 Å². The van der Waals surface area contributed by atoms with Crippen molar-refractivity contribution in [2.75, 3.05) is 13.7 Å². The van der Waals surface area contributed by atoms with Gasteiger partial charge >= 0.3 is 0 Å². The molecular formula is C13H16IN3O. The molecule has 0 atom stereocenters. The Kier molecular flexibility index (Phi) is 5.00. The van der Waals surface area contributed by atoms with E-state index in [-0.39, 0.29) is 0 Å². The number of hydrogen-bond donors (Lipinski definition) is 1. The van der Waals surface area contributed by atoms with Crippen LogP contribution in [0.25, 0.3) is 0 Å². The van der Waals surface area contributed by atoms with Gasteiger partial charge in [-0.2, -0.15) is 5.10 Å². The molecule has 0 radical (unpaired) electrons. The molecule has 0 amide bonds. The summed E-state index contributed by atoms with van der Waals surface area (Å²) in [4.78, 5) is 0. The molecule has 1 heterocycles. The third-order valence-electron chi connectivity index (χ3n) is 2.47. The van der Waals surface area contributed by atoms with Crippen LogP contribution in [0.15, 0.2) is 36.7 Å². The van der Waals surface area contributed by atoms with Crippen LogP contribution < -0.4 is 10.1 Å². The minimum atomic E-state index is 0.626. The van der Waals surface area contributed by atoms with Crippen molar-refractivity contribution < 1.29 is 4.74 Å². The van der Waals surface area contributed by atoms with Gasteiger partial charge in [0.05, 0.1) is 16.3 Å². The van der Waals surface area contributed by atoms with Crippen molar-refractivity contribution in [3.05, 3.63) is 45.8 Å². The highest BCUT2D eigenvalue weighted by Gasteiger charge is 1.98. The van der Waals surface area contributed by atoms with Crippen molar-refractivity contribution in [3.8, 4) is 5.75 Å². The number of ether oxygens (including phenoxy) is 1. The van der Waals surface area contributed by atoms with E-state index in [1.54, 1.807) is 0 Å². The van der Waals surface area contributed by atoms with Crippen LogP contribution in [0.3, 0.4) is 0 Å². The zero-order valence-electron chi connectivity index (χ0n) is 10.3.